The number of nitrogens with zero attached hydrogens (tertiary/aromatic N) is 4. The van der Waals surface area contributed by atoms with Gasteiger partial charge in [0, 0.05) is 18.8 Å². The molecule has 4 rings (SSSR count). The summed E-state index contributed by atoms with van der Waals surface area (Å²) < 4.78 is 41.2. The van der Waals surface area contributed by atoms with Crippen LogP contribution in [0.4, 0.5) is 18.3 Å². The second kappa shape index (κ2) is 6.71. The van der Waals surface area contributed by atoms with E-state index >= 15 is 0 Å². The molecule has 0 saturated heterocycles. The summed E-state index contributed by atoms with van der Waals surface area (Å²) in [5, 5.41) is 6.89. The topological polar surface area (TPSA) is 72.7 Å². The quantitative estimate of drug-likeness (QED) is 0.552. The predicted octanol–water partition coefficient (Wildman–Crippen LogP) is 4.36. The number of benzene rings is 1. The van der Waals surface area contributed by atoms with Gasteiger partial charge in [-0.2, -0.15) is 18.3 Å². The first-order valence-corrected chi connectivity index (χ1v) is 8.88. The number of fused-ring (bicyclic) bond motifs is 1. The summed E-state index contributed by atoms with van der Waals surface area (Å²) in [6.45, 7) is 0. The van der Waals surface area contributed by atoms with Gasteiger partial charge >= 0.3 is 6.18 Å². The Hall–Kier alpha value is -3.27. The molecule has 1 aromatic carbocycles. The number of hydrogen-bond acceptors (Lipinski definition) is 5. The molecule has 142 valence electrons. The lowest BCUT2D eigenvalue weighted by Crippen LogP contribution is -2.15. The zero-order chi connectivity index (χ0) is 19.9. The molecule has 0 saturated carbocycles. The van der Waals surface area contributed by atoms with E-state index in [9.17, 15) is 18.0 Å². The van der Waals surface area contributed by atoms with Gasteiger partial charge in [-0.05, 0) is 24.3 Å². The Balaban J connectivity index is 1.68. The monoisotopic (exact) mass is 403 g/mol. The molecule has 1 N–H and O–H groups in total. The summed E-state index contributed by atoms with van der Waals surface area (Å²) in [7, 11) is 1.64. The summed E-state index contributed by atoms with van der Waals surface area (Å²) in [5.41, 5.74) is 0.265. The average Bonchev–Trinajstić information content (AvgIpc) is 3.25. The van der Waals surface area contributed by atoms with Crippen LogP contribution < -0.4 is 5.32 Å². The third-order valence-electron chi connectivity index (χ3n) is 4.04. The molecule has 0 aliphatic carbocycles. The van der Waals surface area contributed by atoms with Crippen molar-refractivity contribution >= 4 is 32.7 Å². The normalized spacial score (nSPS) is 11.7. The van der Waals surface area contributed by atoms with E-state index in [0.29, 0.717) is 21.2 Å². The summed E-state index contributed by atoms with van der Waals surface area (Å²) in [5.74, 6) is -0.387. The molecule has 3 heterocycles. The molecule has 1 amide bonds. The summed E-state index contributed by atoms with van der Waals surface area (Å²) >= 11 is 1.09. The number of thiazole rings is 1. The molecule has 0 aliphatic rings. The van der Waals surface area contributed by atoms with E-state index in [-0.39, 0.29) is 17.2 Å². The molecule has 0 atom stereocenters. The lowest BCUT2D eigenvalue weighted by Gasteiger charge is -2.11. The third-order valence-corrected chi connectivity index (χ3v) is 4.92. The van der Waals surface area contributed by atoms with E-state index in [2.05, 4.69) is 20.4 Å². The maximum atomic E-state index is 13.3. The number of carbonyl (C=O) groups excluding carboxylic acids is 1. The van der Waals surface area contributed by atoms with Gasteiger partial charge in [-0.15, -0.1) is 0 Å². The summed E-state index contributed by atoms with van der Waals surface area (Å²) in [4.78, 5) is 21.3. The van der Waals surface area contributed by atoms with Crippen molar-refractivity contribution in [1.29, 1.82) is 0 Å². The van der Waals surface area contributed by atoms with Gasteiger partial charge in [0.15, 0.2) is 5.13 Å². The fraction of sp³-hybridized carbons (Fsp3) is 0.111. The molecule has 0 fully saturated rings. The number of alkyl halides is 3. The molecular weight excluding hydrogens is 391 g/mol. The smallest absolute Gasteiger partial charge is 0.296 e. The zero-order valence-corrected chi connectivity index (χ0v) is 15.2. The Morgan fingerprint density at radius 1 is 1.11 bits per heavy atom. The maximum absolute atomic E-state index is 13.3. The Labute approximate surface area is 160 Å². The van der Waals surface area contributed by atoms with Crippen LogP contribution >= 0.6 is 11.3 Å². The lowest BCUT2D eigenvalue weighted by atomic mass is 10.0. The van der Waals surface area contributed by atoms with Crippen molar-refractivity contribution < 1.29 is 18.0 Å². The molecule has 0 unspecified atom stereocenters. The fourth-order valence-electron chi connectivity index (χ4n) is 2.73. The Morgan fingerprint density at radius 3 is 2.61 bits per heavy atom. The molecule has 0 spiro atoms. The van der Waals surface area contributed by atoms with Gasteiger partial charge in [-0.25, -0.2) is 9.97 Å². The average molecular weight is 403 g/mol. The minimum Gasteiger partial charge on any atom is -0.296 e. The molecule has 6 nitrogen and oxygen atoms in total. The number of nitrogens with one attached hydrogen (secondary N) is 1. The van der Waals surface area contributed by atoms with Crippen molar-refractivity contribution in [3.63, 3.8) is 0 Å². The number of aromatic nitrogens is 4. The highest BCUT2D eigenvalue weighted by Gasteiger charge is 2.33. The number of rotatable bonds is 3. The van der Waals surface area contributed by atoms with Gasteiger partial charge in [0.05, 0.1) is 11.3 Å². The molecular formula is C18H12F3N5OS. The van der Waals surface area contributed by atoms with Crippen molar-refractivity contribution in [2.45, 2.75) is 6.18 Å². The van der Waals surface area contributed by atoms with Gasteiger partial charge < -0.3 is 0 Å². The van der Waals surface area contributed by atoms with E-state index in [1.165, 1.54) is 35.1 Å². The maximum Gasteiger partial charge on any atom is 0.417 e. The first-order chi connectivity index (χ1) is 13.3. The van der Waals surface area contributed by atoms with Gasteiger partial charge in [0.2, 0.25) is 0 Å². The van der Waals surface area contributed by atoms with Crippen molar-refractivity contribution in [3.05, 3.63) is 59.9 Å². The van der Waals surface area contributed by atoms with Crippen LogP contribution in [0.3, 0.4) is 0 Å². The van der Waals surface area contributed by atoms with Gasteiger partial charge in [-0.1, -0.05) is 29.5 Å². The van der Waals surface area contributed by atoms with E-state index in [1.807, 2.05) is 0 Å². The molecule has 3 aromatic heterocycles. The Kier molecular flexibility index (Phi) is 4.34. The first-order valence-electron chi connectivity index (χ1n) is 8.06. The second-order valence-electron chi connectivity index (χ2n) is 5.88. The highest BCUT2D eigenvalue weighted by Crippen LogP contribution is 2.37. The van der Waals surface area contributed by atoms with Crippen LogP contribution in [0.2, 0.25) is 0 Å². The number of carbonyl (C=O) groups is 1. The number of pyridine rings is 1. The molecule has 4 aromatic rings. The lowest BCUT2D eigenvalue weighted by molar-refractivity contribution is -0.137. The SMILES string of the molecule is Cn1nccc1C(=O)Nc1nc2ccc(-c3ccccc3C(F)(F)F)nc2s1. The minimum atomic E-state index is -4.48. The van der Waals surface area contributed by atoms with Crippen LogP contribution in [0.25, 0.3) is 21.6 Å². The van der Waals surface area contributed by atoms with Crippen LogP contribution in [0, 0.1) is 0 Å². The van der Waals surface area contributed by atoms with Crippen LogP contribution in [0.15, 0.2) is 48.7 Å². The van der Waals surface area contributed by atoms with Crippen LogP contribution in [0.1, 0.15) is 16.1 Å². The largest absolute Gasteiger partial charge is 0.417 e. The standard InChI is InChI=1S/C18H12F3N5OS/c1-26-14(8-9-22-26)15(27)25-17-24-13-7-6-12(23-16(13)28-17)10-4-2-3-5-11(10)18(19,20)21/h2-9H,1H3,(H,24,25,27). The number of halogens is 3. The van der Waals surface area contributed by atoms with Gasteiger partial charge in [-0.3, -0.25) is 14.8 Å². The first kappa shape index (κ1) is 18.1. The highest BCUT2D eigenvalue weighted by molar-refractivity contribution is 7.22. The van der Waals surface area contributed by atoms with Gasteiger partial charge in [0.1, 0.15) is 16.0 Å². The number of aryl methyl sites for hydroxylation is 1. The second-order valence-corrected chi connectivity index (χ2v) is 6.85. The van der Waals surface area contributed by atoms with Crippen molar-refractivity contribution in [1.82, 2.24) is 19.7 Å². The van der Waals surface area contributed by atoms with E-state index in [0.717, 1.165) is 17.4 Å². The van der Waals surface area contributed by atoms with Crippen molar-refractivity contribution in [3.8, 4) is 11.3 Å². The number of anilines is 1. The number of amides is 1. The molecule has 10 heteroatoms. The van der Waals surface area contributed by atoms with Crippen molar-refractivity contribution in [2.24, 2.45) is 7.05 Å². The number of hydrogen-bond donors (Lipinski definition) is 1. The van der Waals surface area contributed by atoms with E-state index < -0.39 is 11.7 Å². The molecule has 0 aliphatic heterocycles. The van der Waals surface area contributed by atoms with E-state index in [4.69, 9.17) is 0 Å². The molecule has 0 bridgehead atoms. The van der Waals surface area contributed by atoms with Crippen molar-refractivity contribution in [2.75, 3.05) is 5.32 Å². The summed E-state index contributed by atoms with van der Waals surface area (Å²) in [6, 6.07) is 9.90. The highest BCUT2D eigenvalue weighted by atomic mass is 32.1. The minimum absolute atomic E-state index is 0.00855. The van der Waals surface area contributed by atoms with E-state index in [1.54, 1.807) is 19.2 Å². The van der Waals surface area contributed by atoms with Crippen LogP contribution in [0.5, 0.6) is 0 Å². The predicted molar refractivity (Wildman–Crippen MR) is 99.0 cm³/mol. The molecule has 0 radical (unpaired) electrons. The third kappa shape index (κ3) is 3.33. The summed E-state index contributed by atoms with van der Waals surface area (Å²) in [6.07, 6.45) is -2.98. The molecule has 28 heavy (non-hydrogen) atoms. The Morgan fingerprint density at radius 2 is 1.89 bits per heavy atom. The fourth-order valence-corrected chi connectivity index (χ4v) is 3.57. The van der Waals surface area contributed by atoms with Crippen LogP contribution in [-0.4, -0.2) is 25.7 Å². The Bertz CT molecular complexity index is 1180. The van der Waals surface area contributed by atoms with Gasteiger partial charge in [0.25, 0.3) is 5.91 Å². The zero-order valence-electron chi connectivity index (χ0n) is 14.4. The van der Waals surface area contributed by atoms with Crippen LogP contribution in [-0.2, 0) is 13.2 Å².